The molecule has 0 unspecified atom stereocenters. The highest BCUT2D eigenvalue weighted by atomic mass is 35.5. The molecule has 1 aliphatic heterocycles. The number of anilines is 1. The number of rotatable bonds is 4. The van der Waals surface area contributed by atoms with Crippen LogP contribution in [-0.2, 0) is 14.3 Å². The van der Waals surface area contributed by atoms with Crippen molar-refractivity contribution in [1.29, 1.82) is 0 Å². The molecule has 0 spiro atoms. The van der Waals surface area contributed by atoms with Gasteiger partial charge in [0.2, 0.25) is 5.91 Å². The topological polar surface area (TPSA) is 46.6 Å². The van der Waals surface area contributed by atoms with E-state index in [0.29, 0.717) is 11.4 Å². The minimum absolute atomic E-state index is 0.0000728. The van der Waals surface area contributed by atoms with Crippen LogP contribution in [-0.4, -0.2) is 25.0 Å². The highest BCUT2D eigenvalue weighted by molar-refractivity contribution is 6.30. The standard InChI is InChI=1S/C19H18ClNO3/c1-24-19(23)12-17-16(13-5-3-2-4-6-13)11-18(22)21(17)15-9-7-14(20)8-10-15/h2-10,16-17H,11-12H2,1H3/t16-,17-/m1/s1. The van der Waals surface area contributed by atoms with Crippen LogP contribution in [0.2, 0.25) is 5.02 Å². The minimum Gasteiger partial charge on any atom is -0.469 e. The van der Waals surface area contributed by atoms with E-state index in [2.05, 4.69) is 0 Å². The fourth-order valence-corrected chi connectivity index (χ4v) is 3.38. The van der Waals surface area contributed by atoms with Crippen LogP contribution in [0.15, 0.2) is 54.6 Å². The molecule has 4 nitrogen and oxygen atoms in total. The Labute approximate surface area is 146 Å². The maximum atomic E-state index is 12.7. The summed E-state index contributed by atoms with van der Waals surface area (Å²) in [5.74, 6) is -0.372. The average Bonchev–Trinajstić information content (AvgIpc) is 2.92. The molecular formula is C19H18ClNO3. The molecule has 0 saturated carbocycles. The van der Waals surface area contributed by atoms with Crippen molar-refractivity contribution in [3.63, 3.8) is 0 Å². The number of halogens is 1. The summed E-state index contributed by atoms with van der Waals surface area (Å²) in [4.78, 5) is 26.3. The highest BCUT2D eigenvalue weighted by Crippen LogP contribution is 2.39. The summed E-state index contributed by atoms with van der Waals surface area (Å²) in [5, 5.41) is 0.606. The van der Waals surface area contributed by atoms with Crippen molar-refractivity contribution in [2.24, 2.45) is 0 Å². The van der Waals surface area contributed by atoms with Crippen LogP contribution in [0.1, 0.15) is 24.3 Å². The maximum Gasteiger partial charge on any atom is 0.307 e. The molecule has 124 valence electrons. The average molecular weight is 344 g/mol. The summed E-state index contributed by atoms with van der Waals surface area (Å²) in [6.45, 7) is 0. The number of amides is 1. The van der Waals surface area contributed by atoms with Crippen molar-refractivity contribution in [3.8, 4) is 0 Å². The van der Waals surface area contributed by atoms with Gasteiger partial charge in [0.05, 0.1) is 19.6 Å². The summed E-state index contributed by atoms with van der Waals surface area (Å²) in [6.07, 6.45) is 0.527. The summed E-state index contributed by atoms with van der Waals surface area (Å²) >= 11 is 5.94. The lowest BCUT2D eigenvalue weighted by molar-refractivity contribution is -0.141. The second kappa shape index (κ2) is 7.05. The monoisotopic (exact) mass is 343 g/mol. The Morgan fingerprint density at radius 1 is 1.17 bits per heavy atom. The molecule has 5 heteroatoms. The van der Waals surface area contributed by atoms with E-state index in [1.165, 1.54) is 7.11 Å². The molecule has 1 aliphatic rings. The SMILES string of the molecule is COC(=O)C[C@@H]1[C@@H](c2ccccc2)CC(=O)N1c1ccc(Cl)cc1. The van der Waals surface area contributed by atoms with Gasteiger partial charge in [-0.15, -0.1) is 0 Å². The van der Waals surface area contributed by atoms with Crippen LogP contribution in [0.25, 0.3) is 0 Å². The number of carbonyl (C=O) groups excluding carboxylic acids is 2. The molecule has 24 heavy (non-hydrogen) atoms. The minimum atomic E-state index is -0.324. The Bertz CT molecular complexity index is 730. The number of methoxy groups -OCH3 is 1. The normalized spacial score (nSPS) is 20.2. The largest absolute Gasteiger partial charge is 0.469 e. The van der Waals surface area contributed by atoms with Crippen molar-refractivity contribution in [2.75, 3.05) is 12.0 Å². The van der Waals surface area contributed by atoms with Gasteiger partial charge in [0, 0.05) is 23.0 Å². The van der Waals surface area contributed by atoms with Gasteiger partial charge in [-0.2, -0.15) is 0 Å². The van der Waals surface area contributed by atoms with Crippen LogP contribution in [0.5, 0.6) is 0 Å². The Hall–Kier alpha value is -2.33. The van der Waals surface area contributed by atoms with Crippen LogP contribution < -0.4 is 4.90 Å². The van der Waals surface area contributed by atoms with Crippen LogP contribution in [0, 0.1) is 0 Å². The van der Waals surface area contributed by atoms with E-state index in [4.69, 9.17) is 16.3 Å². The number of hydrogen-bond acceptors (Lipinski definition) is 3. The van der Waals surface area contributed by atoms with Crippen LogP contribution >= 0.6 is 11.6 Å². The van der Waals surface area contributed by atoms with Crippen LogP contribution in [0.4, 0.5) is 5.69 Å². The fourth-order valence-electron chi connectivity index (χ4n) is 3.25. The molecule has 1 fully saturated rings. The lowest BCUT2D eigenvalue weighted by atomic mass is 9.90. The number of ether oxygens (including phenoxy) is 1. The Morgan fingerprint density at radius 3 is 2.46 bits per heavy atom. The van der Waals surface area contributed by atoms with Crippen molar-refractivity contribution in [1.82, 2.24) is 0 Å². The summed E-state index contributed by atoms with van der Waals surface area (Å²) in [5.41, 5.74) is 1.80. The molecule has 1 amide bonds. The second-order valence-electron chi connectivity index (χ2n) is 5.81. The van der Waals surface area contributed by atoms with E-state index in [1.54, 1.807) is 29.2 Å². The lowest BCUT2D eigenvalue weighted by Crippen LogP contribution is -2.36. The molecular weight excluding hydrogens is 326 g/mol. The molecule has 0 aromatic heterocycles. The number of esters is 1. The molecule has 2 atom stereocenters. The molecule has 0 bridgehead atoms. The van der Waals surface area contributed by atoms with Crippen molar-refractivity contribution in [3.05, 3.63) is 65.2 Å². The van der Waals surface area contributed by atoms with Gasteiger partial charge in [-0.25, -0.2) is 0 Å². The first-order chi connectivity index (χ1) is 11.6. The predicted octanol–water partition coefficient (Wildman–Crippen LogP) is 3.79. The molecule has 0 N–H and O–H groups in total. The summed E-state index contributed by atoms with van der Waals surface area (Å²) < 4.78 is 4.84. The third-order valence-corrected chi connectivity index (χ3v) is 4.65. The van der Waals surface area contributed by atoms with Gasteiger partial charge in [0.25, 0.3) is 0 Å². The van der Waals surface area contributed by atoms with E-state index in [-0.39, 0.29) is 30.3 Å². The molecule has 2 aromatic rings. The van der Waals surface area contributed by atoms with E-state index in [0.717, 1.165) is 11.3 Å². The van der Waals surface area contributed by atoms with Gasteiger partial charge in [-0.05, 0) is 29.8 Å². The smallest absolute Gasteiger partial charge is 0.307 e. The van der Waals surface area contributed by atoms with E-state index >= 15 is 0 Å². The molecule has 2 aromatic carbocycles. The zero-order valence-corrected chi connectivity index (χ0v) is 14.1. The zero-order chi connectivity index (χ0) is 17.1. The fraction of sp³-hybridized carbons (Fsp3) is 0.263. The van der Waals surface area contributed by atoms with Gasteiger partial charge in [-0.3, -0.25) is 9.59 Å². The molecule has 0 radical (unpaired) electrons. The first-order valence-electron chi connectivity index (χ1n) is 7.79. The predicted molar refractivity (Wildman–Crippen MR) is 93.2 cm³/mol. The van der Waals surface area contributed by atoms with E-state index in [1.807, 2.05) is 30.3 Å². The number of hydrogen-bond donors (Lipinski definition) is 0. The first-order valence-corrected chi connectivity index (χ1v) is 8.17. The lowest BCUT2D eigenvalue weighted by Gasteiger charge is -2.28. The molecule has 0 aliphatic carbocycles. The second-order valence-corrected chi connectivity index (χ2v) is 6.25. The first kappa shape index (κ1) is 16.5. The van der Waals surface area contributed by atoms with Crippen molar-refractivity contribution < 1.29 is 14.3 Å². The zero-order valence-electron chi connectivity index (χ0n) is 13.3. The van der Waals surface area contributed by atoms with Crippen molar-refractivity contribution in [2.45, 2.75) is 24.8 Å². The quantitative estimate of drug-likeness (QED) is 0.793. The Kier molecular flexibility index (Phi) is 4.86. The van der Waals surface area contributed by atoms with E-state index < -0.39 is 0 Å². The van der Waals surface area contributed by atoms with Gasteiger partial charge >= 0.3 is 5.97 Å². The summed E-state index contributed by atoms with van der Waals surface area (Å²) in [7, 11) is 1.36. The highest BCUT2D eigenvalue weighted by Gasteiger charge is 2.42. The Balaban J connectivity index is 1.98. The molecule has 1 heterocycles. The molecule has 1 saturated heterocycles. The summed E-state index contributed by atoms with van der Waals surface area (Å²) in [6, 6.07) is 16.6. The number of carbonyl (C=O) groups is 2. The number of benzene rings is 2. The van der Waals surface area contributed by atoms with Gasteiger partial charge in [-0.1, -0.05) is 41.9 Å². The Morgan fingerprint density at radius 2 is 1.83 bits per heavy atom. The maximum absolute atomic E-state index is 12.7. The molecule has 3 rings (SSSR count). The van der Waals surface area contributed by atoms with E-state index in [9.17, 15) is 9.59 Å². The third-order valence-electron chi connectivity index (χ3n) is 4.40. The number of nitrogens with zero attached hydrogens (tertiary/aromatic N) is 1. The van der Waals surface area contributed by atoms with Crippen molar-refractivity contribution >= 4 is 29.2 Å². The van der Waals surface area contributed by atoms with Gasteiger partial charge in [0.15, 0.2) is 0 Å². The van der Waals surface area contributed by atoms with Gasteiger partial charge < -0.3 is 9.64 Å². The van der Waals surface area contributed by atoms with Gasteiger partial charge in [0.1, 0.15) is 0 Å². The third kappa shape index (κ3) is 3.29. The van der Waals surface area contributed by atoms with Crippen LogP contribution in [0.3, 0.4) is 0 Å².